The van der Waals surface area contributed by atoms with Crippen LogP contribution in [0.1, 0.15) is 43.5 Å². The normalized spacial score (nSPS) is 15.2. The molecule has 1 fully saturated rings. The molecule has 5 heteroatoms. The average Bonchev–Trinajstić information content (AvgIpc) is 3.06. The van der Waals surface area contributed by atoms with Gasteiger partial charge in [0.1, 0.15) is 0 Å². The predicted octanol–water partition coefficient (Wildman–Crippen LogP) is 4.69. The number of hydrogen-bond acceptors (Lipinski definition) is 4. The van der Waals surface area contributed by atoms with Crippen LogP contribution >= 0.6 is 0 Å². The molecule has 0 unspecified atom stereocenters. The zero-order valence-corrected chi connectivity index (χ0v) is 15.4. The van der Waals surface area contributed by atoms with E-state index in [-0.39, 0.29) is 0 Å². The highest BCUT2D eigenvalue weighted by atomic mass is 15.3. The largest absolute Gasteiger partial charge is 0.353 e. The number of nitrogens with one attached hydrogen (secondary N) is 1. The lowest BCUT2D eigenvalue weighted by Crippen LogP contribution is -2.24. The van der Waals surface area contributed by atoms with Gasteiger partial charge < -0.3 is 5.32 Å². The third-order valence-corrected chi connectivity index (χ3v) is 4.90. The van der Waals surface area contributed by atoms with E-state index in [9.17, 15) is 0 Å². The summed E-state index contributed by atoms with van der Waals surface area (Å²) in [7, 11) is 0. The second-order valence-corrected chi connectivity index (χ2v) is 7.12. The van der Waals surface area contributed by atoms with Crippen LogP contribution in [0, 0.1) is 13.8 Å². The minimum Gasteiger partial charge on any atom is -0.353 e. The molecule has 0 amide bonds. The fraction of sp³-hybridized carbons (Fsp3) is 0.381. The second kappa shape index (κ2) is 7.28. The molecular weight excluding hydrogens is 322 g/mol. The van der Waals surface area contributed by atoms with E-state index in [1.165, 1.54) is 32.1 Å². The summed E-state index contributed by atoms with van der Waals surface area (Å²) in [6, 6.07) is 12.7. The van der Waals surface area contributed by atoms with Crippen molar-refractivity contribution >= 4 is 5.95 Å². The van der Waals surface area contributed by atoms with Gasteiger partial charge in [-0.25, -0.2) is 15.0 Å². The van der Waals surface area contributed by atoms with Crippen LogP contribution in [0.5, 0.6) is 0 Å². The molecule has 4 rings (SSSR count). The van der Waals surface area contributed by atoms with Gasteiger partial charge in [-0.3, -0.25) is 4.57 Å². The molecule has 1 aromatic carbocycles. The van der Waals surface area contributed by atoms with Crippen molar-refractivity contribution in [2.24, 2.45) is 0 Å². The molecule has 0 spiro atoms. The van der Waals surface area contributed by atoms with E-state index in [2.05, 4.69) is 27.4 Å². The number of hydrogen-bond donors (Lipinski definition) is 1. The average molecular weight is 347 g/mol. The number of aromatic nitrogens is 4. The van der Waals surface area contributed by atoms with Crippen LogP contribution in [0.4, 0.5) is 5.95 Å². The Hall–Kier alpha value is -2.69. The smallest absolute Gasteiger partial charge is 0.236 e. The van der Waals surface area contributed by atoms with Crippen molar-refractivity contribution in [1.82, 2.24) is 19.5 Å². The molecule has 0 radical (unpaired) electrons. The Kier molecular flexibility index (Phi) is 4.69. The van der Waals surface area contributed by atoms with Crippen molar-refractivity contribution in [1.29, 1.82) is 0 Å². The molecule has 0 bridgehead atoms. The summed E-state index contributed by atoms with van der Waals surface area (Å²) in [4.78, 5) is 14.2. The molecular formula is C21H25N5. The van der Waals surface area contributed by atoms with Crippen molar-refractivity contribution in [2.45, 2.75) is 52.0 Å². The van der Waals surface area contributed by atoms with Gasteiger partial charge in [-0.1, -0.05) is 49.6 Å². The summed E-state index contributed by atoms with van der Waals surface area (Å²) < 4.78 is 2.00. The fourth-order valence-corrected chi connectivity index (χ4v) is 3.63. The molecule has 2 aromatic heterocycles. The highest BCUT2D eigenvalue weighted by Crippen LogP contribution is 2.26. The van der Waals surface area contributed by atoms with Crippen molar-refractivity contribution in [3.8, 4) is 17.2 Å². The molecule has 1 aliphatic rings. The Morgan fingerprint density at radius 2 is 1.62 bits per heavy atom. The minimum absolute atomic E-state index is 0.472. The molecule has 0 atom stereocenters. The van der Waals surface area contributed by atoms with Gasteiger partial charge in [0.15, 0.2) is 0 Å². The summed E-state index contributed by atoms with van der Waals surface area (Å²) in [6.07, 6.45) is 8.33. The highest BCUT2D eigenvalue weighted by Gasteiger charge is 2.19. The molecule has 0 saturated heterocycles. The van der Waals surface area contributed by atoms with Crippen LogP contribution in [0.25, 0.3) is 17.2 Å². The maximum absolute atomic E-state index is 4.88. The van der Waals surface area contributed by atoms with Crippen LogP contribution < -0.4 is 5.32 Å². The summed E-state index contributed by atoms with van der Waals surface area (Å²) >= 11 is 0. The Morgan fingerprint density at radius 3 is 2.31 bits per heavy atom. The SMILES string of the molecule is Cc1cc(C)nc(-n2cc(-c3ccccc3)nc2NC2CCCCC2)n1. The van der Waals surface area contributed by atoms with Crippen molar-refractivity contribution in [3.63, 3.8) is 0 Å². The van der Waals surface area contributed by atoms with Crippen LogP contribution in [-0.4, -0.2) is 25.6 Å². The van der Waals surface area contributed by atoms with Crippen LogP contribution in [0.2, 0.25) is 0 Å². The van der Waals surface area contributed by atoms with Gasteiger partial charge in [-0.2, -0.15) is 0 Å². The van der Waals surface area contributed by atoms with E-state index >= 15 is 0 Å². The quantitative estimate of drug-likeness (QED) is 0.744. The van der Waals surface area contributed by atoms with E-state index in [1.54, 1.807) is 0 Å². The van der Waals surface area contributed by atoms with Gasteiger partial charge in [0.25, 0.3) is 0 Å². The van der Waals surface area contributed by atoms with E-state index in [0.717, 1.165) is 28.6 Å². The standard InChI is InChI=1S/C21H25N5/c1-15-13-16(2)23-20(22-15)26-14-19(17-9-5-3-6-10-17)25-21(26)24-18-11-7-4-8-12-18/h3,5-6,9-10,13-14,18H,4,7-8,11-12H2,1-2H3,(H,24,25). The molecule has 5 nitrogen and oxygen atoms in total. The first-order valence-corrected chi connectivity index (χ1v) is 9.43. The van der Waals surface area contributed by atoms with Gasteiger partial charge in [0.2, 0.25) is 11.9 Å². The lowest BCUT2D eigenvalue weighted by atomic mass is 9.96. The number of anilines is 1. The van der Waals surface area contributed by atoms with E-state index in [4.69, 9.17) is 4.98 Å². The number of nitrogens with zero attached hydrogens (tertiary/aromatic N) is 4. The van der Waals surface area contributed by atoms with E-state index in [0.29, 0.717) is 12.0 Å². The maximum Gasteiger partial charge on any atom is 0.236 e. The Morgan fingerprint density at radius 1 is 0.923 bits per heavy atom. The first kappa shape index (κ1) is 16.8. The van der Waals surface area contributed by atoms with Crippen molar-refractivity contribution in [2.75, 3.05) is 5.32 Å². The summed E-state index contributed by atoms with van der Waals surface area (Å²) in [5.41, 5.74) is 3.96. The Balaban J connectivity index is 1.75. The molecule has 1 aliphatic carbocycles. The Labute approximate surface area is 154 Å². The zero-order valence-electron chi connectivity index (χ0n) is 15.4. The second-order valence-electron chi connectivity index (χ2n) is 7.12. The lowest BCUT2D eigenvalue weighted by molar-refractivity contribution is 0.460. The third-order valence-electron chi connectivity index (χ3n) is 4.90. The molecule has 26 heavy (non-hydrogen) atoms. The summed E-state index contributed by atoms with van der Waals surface area (Å²) in [5.74, 6) is 1.51. The minimum atomic E-state index is 0.472. The summed E-state index contributed by atoms with van der Waals surface area (Å²) in [6.45, 7) is 4.00. The monoisotopic (exact) mass is 347 g/mol. The number of imidazole rings is 1. The van der Waals surface area contributed by atoms with Crippen LogP contribution in [0.15, 0.2) is 42.6 Å². The molecule has 134 valence electrons. The maximum atomic E-state index is 4.88. The molecule has 3 aromatic rings. The van der Waals surface area contributed by atoms with Gasteiger partial charge in [0.05, 0.1) is 5.69 Å². The first-order chi connectivity index (χ1) is 12.7. The van der Waals surface area contributed by atoms with Crippen molar-refractivity contribution < 1.29 is 0 Å². The number of benzene rings is 1. The molecule has 2 heterocycles. The van der Waals surface area contributed by atoms with Crippen molar-refractivity contribution in [3.05, 3.63) is 54.0 Å². The topological polar surface area (TPSA) is 55.6 Å². The van der Waals surface area contributed by atoms with Gasteiger partial charge in [-0.05, 0) is 32.8 Å². The van der Waals surface area contributed by atoms with E-state index in [1.807, 2.05) is 48.9 Å². The number of rotatable bonds is 4. The Bertz CT molecular complexity index is 858. The van der Waals surface area contributed by atoms with Gasteiger partial charge >= 0.3 is 0 Å². The zero-order chi connectivity index (χ0) is 17.9. The van der Waals surface area contributed by atoms with Crippen LogP contribution in [0.3, 0.4) is 0 Å². The van der Waals surface area contributed by atoms with E-state index < -0.39 is 0 Å². The highest BCUT2D eigenvalue weighted by molar-refractivity contribution is 5.61. The molecule has 0 aliphatic heterocycles. The molecule has 1 saturated carbocycles. The molecule has 1 N–H and O–H groups in total. The predicted molar refractivity (Wildman–Crippen MR) is 105 cm³/mol. The van der Waals surface area contributed by atoms with Crippen LogP contribution in [-0.2, 0) is 0 Å². The van der Waals surface area contributed by atoms with Gasteiger partial charge in [0, 0.05) is 29.2 Å². The fourth-order valence-electron chi connectivity index (χ4n) is 3.63. The number of aryl methyl sites for hydroxylation is 2. The first-order valence-electron chi connectivity index (χ1n) is 9.43. The lowest BCUT2D eigenvalue weighted by Gasteiger charge is -2.23. The third kappa shape index (κ3) is 3.62. The van der Waals surface area contributed by atoms with Gasteiger partial charge in [-0.15, -0.1) is 0 Å². The summed E-state index contributed by atoms with van der Waals surface area (Å²) in [5, 5.41) is 3.65.